The minimum atomic E-state index is 0.295. The van der Waals surface area contributed by atoms with Crippen molar-refractivity contribution in [3.63, 3.8) is 0 Å². The van der Waals surface area contributed by atoms with Crippen molar-refractivity contribution in [1.29, 1.82) is 0 Å². The molecule has 0 aliphatic carbocycles. The van der Waals surface area contributed by atoms with Gasteiger partial charge in [0.15, 0.2) is 0 Å². The summed E-state index contributed by atoms with van der Waals surface area (Å²) in [7, 11) is 0. The van der Waals surface area contributed by atoms with Crippen LogP contribution in [0.5, 0.6) is 0 Å². The molecule has 2 nitrogen and oxygen atoms in total. The molecule has 0 fully saturated rings. The maximum atomic E-state index is 4.51. The number of benzene rings is 1. The second-order valence-electron chi connectivity index (χ2n) is 4.35. The van der Waals surface area contributed by atoms with E-state index in [4.69, 9.17) is 0 Å². The molecule has 1 N–H and O–H groups in total. The summed E-state index contributed by atoms with van der Waals surface area (Å²) in [6.07, 6.45) is 0. The van der Waals surface area contributed by atoms with E-state index >= 15 is 0 Å². The molecule has 0 bridgehead atoms. The van der Waals surface area contributed by atoms with Gasteiger partial charge in [0.25, 0.3) is 0 Å². The van der Waals surface area contributed by atoms with E-state index in [0.29, 0.717) is 12.1 Å². The molecule has 1 aromatic heterocycles. The van der Waals surface area contributed by atoms with Gasteiger partial charge in [-0.2, -0.15) is 0 Å². The van der Waals surface area contributed by atoms with E-state index in [-0.39, 0.29) is 0 Å². The van der Waals surface area contributed by atoms with Crippen LogP contribution in [0, 0.1) is 6.92 Å². The lowest BCUT2D eigenvalue weighted by atomic mass is 10.1. The average molecular weight is 246 g/mol. The van der Waals surface area contributed by atoms with Crippen LogP contribution in [0.3, 0.4) is 0 Å². The number of hydrogen-bond donors (Lipinski definition) is 1. The van der Waals surface area contributed by atoms with Crippen molar-refractivity contribution in [2.75, 3.05) is 0 Å². The van der Waals surface area contributed by atoms with Crippen LogP contribution in [0.4, 0.5) is 0 Å². The van der Waals surface area contributed by atoms with Gasteiger partial charge in [-0.3, -0.25) is 0 Å². The number of rotatable bonds is 4. The van der Waals surface area contributed by atoms with Crippen LogP contribution in [0.1, 0.15) is 42.2 Å². The molecule has 2 unspecified atom stereocenters. The highest BCUT2D eigenvalue weighted by atomic mass is 32.1. The van der Waals surface area contributed by atoms with Crippen molar-refractivity contribution >= 4 is 11.3 Å². The Morgan fingerprint density at radius 1 is 1.12 bits per heavy atom. The molecule has 90 valence electrons. The Labute approximate surface area is 107 Å². The third kappa shape index (κ3) is 3.14. The first-order valence-electron chi connectivity index (χ1n) is 5.90. The van der Waals surface area contributed by atoms with Crippen LogP contribution in [-0.4, -0.2) is 4.98 Å². The predicted molar refractivity (Wildman–Crippen MR) is 73.3 cm³/mol. The largest absolute Gasteiger partial charge is 0.302 e. The Bertz CT molecular complexity index is 464. The number of thiazole rings is 1. The quantitative estimate of drug-likeness (QED) is 0.886. The number of aromatic nitrogens is 1. The van der Waals surface area contributed by atoms with Crippen molar-refractivity contribution in [2.45, 2.75) is 32.9 Å². The number of hydrogen-bond acceptors (Lipinski definition) is 3. The van der Waals surface area contributed by atoms with Crippen molar-refractivity contribution in [3.05, 3.63) is 52.0 Å². The molecule has 2 rings (SSSR count). The van der Waals surface area contributed by atoms with Gasteiger partial charge in [-0.1, -0.05) is 30.3 Å². The van der Waals surface area contributed by atoms with Crippen LogP contribution < -0.4 is 5.32 Å². The van der Waals surface area contributed by atoms with Gasteiger partial charge in [0.2, 0.25) is 0 Å². The normalized spacial score (nSPS) is 14.5. The van der Waals surface area contributed by atoms with E-state index in [1.807, 2.05) is 13.0 Å². The molecule has 0 saturated carbocycles. The van der Waals surface area contributed by atoms with Gasteiger partial charge in [-0.25, -0.2) is 4.98 Å². The summed E-state index contributed by atoms with van der Waals surface area (Å²) < 4.78 is 0. The second kappa shape index (κ2) is 5.43. The smallest absolute Gasteiger partial charge is 0.110 e. The molecular formula is C14H18N2S. The van der Waals surface area contributed by atoms with Crippen LogP contribution in [0.2, 0.25) is 0 Å². The fourth-order valence-corrected chi connectivity index (χ4v) is 2.67. The number of nitrogens with zero attached hydrogens (tertiary/aromatic N) is 1. The summed E-state index contributed by atoms with van der Waals surface area (Å²) in [5, 5.41) is 6.83. The molecule has 0 aliphatic heterocycles. The monoisotopic (exact) mass is 246 g/mol. The van der Waals surface area contributed by atoms with Gasteiger partial charge in [0, 0.05) is 17.1 Å². The number of aryl methyl sites for hydroxylation is 1. The van der Waals surface area contributed by atoms with E-state index in [1.165, 1.54) is 5.56 Å². The highest BCUT2D eigenvalue weighted by molar-refractivity contribution is 7.09. The first kappa shape index (κ1) is 12.3. The van der Waals surface area contributed by atoms with E-state index in [0.717, 1.165) is 10.7 Å². The first-order valence-corrected chi connectivity index (χ1v) is 6.78. The summed E-state index contributed by atoms with van der Waals surface area (Å²) in [6, 6.07) is 11.1. The summed E-state index contributed by atoms with van der Waals surface area (Å²) in [5.41, 5.74) is 2.42. The average Bonchev–Trinajstić information content (AvgIpc) is 2.77. The zero-order valence-corrected chi connectivity index (χ0v) is 11.3. The van der Waals surface area contributed by atoms with E-state index in [1.54, 1.807) is 11.3 Å². The Balaban J connectivity index is 2.02. The van der Waals surface area contributed by atoms with Crippen molar-refractivity contribution < 1.29 is 0 Å². The second-order valence-corrected chi connectivity index (χ2v) is 5.24. The zero-order valence-electron chi connectivity index (χ0n) is 10.5. The van der Waals surface area contributed by atoms with Crippen molar-refractivity contribution in [1.82, 2.24) is 10.3 Å². The minimum absolute atomic E-state index is 0.295. The van der Waals surface area contributed by atoms with Crippen LogP contribution in [-0.2, 0) is 0 Å². The maximum absolute atomic E-state index is 4.51. The summed E-state index contributed by atoms with van der Waals surface area (Å²) in [5.74, 6) is 0. The van der Waals surface area contributed by atoms with Gasteiger partial charge in [-0.15, -0.1) is 11.3 Å². The molecule has 0 aliphatic rings. The van der Waals surface area contributed by atoms with E-state index in [9.17, 15) is 0 Å². The minimum Gasteiger partial charge on any atom is -0.302 e. The molecule has 3 heteroatoms. The van der Waals surface area contributed by atoms with Gasteiger partial charge in [0.1, 0.15) is 5.01 Å². The lowest BCUT2D eigenvalue weighted by molar-refractivity contribution is 0.492. The molecule has 0 spiro atoms. The zero-order chi connectivity index (χ0) is 12.3. The molecule has 1 aromatic carbocycles. The lowest BCUT2D eigenvalue weighted by Gasteiger charge is -2.18. The van der Waals surface area contributed by atoms with Crippen molar-refractivity contribution in [2.24, 2.45) is 0 Å². The summed E-state index contributed by atoms with van der Waals surface area (Å²) in [4.78, 5) is 4.51. The predicted octanol–water partition coefficient (Wildman–Crippen LogP) is 3.86. The van der Waals surface area contributed by atoms with Gasteiger partial charge in [0.05, 0.1) is 6.04 Å². The fraction of sp³-hybridized carbons (Fsp3) is 0.357. The Hall–Kier alpha value is -1.19. The van der Waals surface area contributed by atoms with Crippen LogP contribution in [0.15, 0.2) is 35.7 Å². The van der Waals surface area contributed by atoms with Crippen molar-refractivity contribution in [3.8, 4) is 0 Å². The molecule has 17 heavy (non-hydrogen) atoms. The molecule has 1 heterocycles. The number of nitrogens with one attached hydrogen (secondary N) is 1. The third-order valence-electron chi connectivity index (χ3n) is 2.81. The molecule has 0 amide bonds. The summed E-state index contributed by atoms with van der Waals surface area (Å²) in [6.45, 7) is 6.39. The highest BCUT2D eigenvalue weighted by Crippen LogP contribution is 2.21. The molecule has 2 atom stereocenters. The van der Waals surface area contributed by atoms with Gasteiger partial charge >= 0.3 is 0 Å². The highest BCUT2D eigenvalue weighted by Gasteiger charge is 2.13. The standard InChI is InChI=1S/C14H18N2S/c1-10-9-17-14(15-10)12(3)16-11(2)13-7-5-4-6-8-13/h4-9,11-12,16H,1-3H3. The molecule has 0 radical (unpaired) electrons. The van der Waals surface area contributed by atoms with E-state index in [2.05, 4.69) is 53.8 Å². The summed E-state index contributed by atoms with van der Waals surface area (Å²) >= 11 is 1.72. The first-order chi connectivity index (χ1) is 8.16. The maximum Gasteiger partial charge on any atom is 0.110 e. The van der Waals surface area contributed by atoms with Gasteiger partial charge < -0.3 is 5.32 Å². The van der Waals surface area contributed by atoms with Crippen LogP contribution in [0.25, 0.3) is 0 Å². The Morgan fingerprint density at radius 3 is 2.41 bits per heavy atom. The Kier molecular flexibility index (Phi) is 3.92. The Morgan fingerprint density at radius 2 is 1.82 bits per heavy atom. The van der Waals surface area contributed by atoms with E-state index < -0.39 is 0 Å². The SMILES string of the molecule is Cc1csc(C(C)NC(C)c2ccccc2)n1. The van der Waals surface area contributed by atoms with Crippen LogP contribution >= 0.6 is 11.3 Å². The topological polar surface area (TPSA) is 24.9 Å². The molecular weight excluding hydrogens is 228 g/mol. The molecule has 0 saturated heterocycles. The molecule has 2 aromatic rings. The fourth-order valence-electron chi connectivity index (χ4n) is 1.86. The lowest BCUT2D eigenvalue weighted by Crippen LogP contribution is -2.22. The third-order valence-corrected chi connectivity index (χ3v) is 3.95. The van der Waals surface area contributed by atoms with Gasteiger partial charge in [-0.05, 0) is 26.3 Å².